The molecule has 0 N–H and O–H groups in total. The van der Waals surface area contributed by atoms with Gasteiger partial charge in [0.2, 0.25) is 5.41 Å². The number of aryl methyl sites for hydroxylation is 1. The predicted octanol–water partition coefficient (Wildman–Crippen LogP) is 1.76. The van der Waals surface area contributed by atoms with Crippen molar-refractivity contribution in [3.05, 3.63) is 28.0 Å². The number of halogens is 1. The zero-order valence-corrected chi connectivity index (χ0v) is 12.2. The van der Waals surface area contributed by atoms with Crippen molar-refractivity contribution in [2.24, 2.45) is 0 Å². The number of ether oxygens (including phenoxy) is 2. The number of nitrogens with zero attached hydrogens (tertiary/aromatic N) is 1. The largest absolute Gasteiger partial charge is 0.468 e. The van der Waals surface area contributed by atoms with Crippen molar-refractivity contribution >= 4 is 27.9 Å². The Bertz CT molecular complexity index is 471. The summed E-state index contributed by atoms with van der Waals surface area (Å²) in [4.78, 5) is 27.9. The van der Waals surface area contributed by atoms with Crippen LogP contribution >= 0.6 is 15.9 Å². The van der Waals surface area contributed by atoms with Crippen LogP contribution in [0.2, 0.25) is 0 Å². The van der Waals surface area contributed by atoms with Gasteiger partial charge in [-0.15, -0.1) is 0 Å². The average molecular weight is 316 g/mol. The second kappa shape index (κ2) is 5.48. The SMILES string of the molecule is COC(=O)C(C)(C(=O)OC)c1ncc(Br)cc1C. The Hall–Kier alpha value is -1.43. The Labute approximate surface area is 114 Å². The van der Waals surface area contributed by atoms with Gasteiger partial charge in [-0.25, -0.2) is 0 Å². The fourth-order valence-electron chi connectivity index (χ4n) is 1.75. The van der Waals surface area contributed by atoms with Crippen LogP contribution in [-0.2, 0) is 24.5 Å². The monoisotopic (exact) mass is 315 g/mol. The molecule has 5 nitrogen and oxygen atoms in total. The summed E-state index contributed by atoms with van der Waals surface area (Å²) >= 11 is 3.28. The van der Waals surface area contributed by atoms with Crippen LogP contribution in [0, 0.1) is 6.92 Å². The van der Waals surface area contributed by atoms with Crippen molar-refractivity contribution in [2.45, 2.75) is 19.3 Å². The standard InChI is InChI=1S/C12H14BrNO4/c1-7-5-8(13)6-14-9(7)12(2,10(15)17-3)11(16)18-4/h5-6H,1-4H3. The molecule has 1 aromatic heterocycles. The van der Waals surface area contributed by atoms with E-state index < -0.39 is 17.4 Å². The summed E-state index contributed by atoms with van der Waals surface area (Å²) in [5.74, 6) is -1.40. The highest BCUT2D eigenvalue weighted by atomic mass is 79.9. The van der Waals surface area contributed by atoms with E-state index in [2.05, 4.69) is 30.4 Å². The van der Waals surface area contributed by atoms with E-state index in [1.165, 1.54) is 27.3 Å². The number of carbonyl (C=O) groups excluding carboxylic acids is 2. The Balaban J connectivity index is 3.44. The molecule has 6 heteroatoms. The molecule has 0 atom stereocenters. The Morgan fingerprint density at radius 3 is 2.17 bits per heavy atom. The summed E-state index contributed by atoms with van der Waals surface area (Å²) < 4.78 is 10.1. The van der Waals surface area contributed by atoms with E-state index >= 15 is 0 Å². The number of aromatic nitrogens is 1. The highest BCUT2D eigenvalue weighted by Crippen LogP contribution is 2.29. The van der Waals surface area contributed by atoms with Gasteiger partial charge in [-0.05, 0) is 41.4 Å². The lowest BCUT2D eigenvalue weighted by molar-refractivity contribution is -0.161. The lowest BCUT2D eigenvalue weighted by Crippen LogP contribution is -2.44. The van der Waals surface area contributed by atoms with Crippen molar-refractivity contribution in [1.82, 2.24) is 4.98 Å². The van der Waals surface area contributed by atoms with Crippen LogP contribution in [0.4, 0.5) is 0 Å². The van der Waals surface area contributed by atoms with Crippen LogP contribution in [0.15, 0.2) is 16.7 Å². The molecule has 0 fully saturated rings. The van der Waals surface area contributed by atoms with E-state index in [-0.39, 0.29) is 0 Å². The van der Waals surface area contributed by atoms with Crippen LogP contribution in [0.1, 0.15) is 18.2 Å². The Morgan fingerprint density at radius 1 is 1.28 bits per heavy atom. The van der Waals surface area contributed by atoms with Crippen LogP contribution in [0.5, 0.6) is 0 Å². The summed E-state index contributed by atoms with van der Waals surface area (Å²) in [6.45, 7) is 3.20. The molecule has 18 heavy (non-hydrogen) atoms. The van der Waals surface area contributed by atoms with Gasteiger partial charge in [0.05, 0.1) is 19.9 Å². The Kier molecular flexibility index (Phi) is 4.45. The minimum absolute atomic E-state index is 0.324. The van der Waals surface area contributed by atoms with Gasteiger partial charge in [0.25, 0.3) is 0 Å². The first-order valence-corrected chi connectivity index (χ1v) is 5.96. The van der Waals surface area contributed by atoms with Gasteiger partial charge >= 0.3 is 11.9 Å². The van der Waals surface area contributed by atoms with E-state index in [0.717, 1.165) is 4.47 Å². The maximum Gasteiger partial charge on any atom is 0.329 e. The van der Waals surface area contributed by atoms with Crippen molar-refractivity contribution in [3.8, 4) is 0 Å². The van der Waals surface area contributed by atoms with Crippen molar-refractivity contribution < 1.29 is 19.1 Å². The van der Waals surface area contributed by atoms with Gasteiger partial charge in [0, 0.05) is 10.7 Å². The van der Waals surface area contributed by atoms with E-state index in [4.69, 9.17) is 0 Å². The molecule has 0 radical (unpaired) electrons. The second-order valence-electron chi connectivity index (χ2n) is 3.93. The smallest absolute Gasteiger partial charge is 0.329 e. The summed E-state index contributed by atoms with van der Waals surface area (Å²) in [6.07, 6.45) is 1.52. The number of rotatable bonds is 3. The third kappa shape index (κ3) is 2.38. The van der Waals surface area contributed by atoms with Crippen LogP contribution in [0.25, 0.3) is 0 Å². The molecule has 0 amide bonds. The minimum Gasteiger partial charge on any atom is -0.468 e. The first kappa shape index (κ1) is 14.6. The number of carbonyl (C=O) groups is 2. The maximum absolute atomic E-state index is 11.9. The molecular formula is C12H14BrNO4. The molecule has 98 valence electrons. The minimum atomic E-state index is -1.56. The fraction of sp³-hybridized carbons (Fsp3) is 0.417. The van der Waals surface area contributed by atoms with E-state index in [9.17, 15) is 9.59 Å². The second-order valence-corrected chi connectivity index (χ2v) is 4.84. The molecule has 0 aromatic carbocycles. The topological polar surface area (TPSA) is 65.5 Å². The third-order valence-corrected chi connectivity index (χ3v) is 3.14. The zero-order valence-electron chi connectivity index (χ0n) is 10.6. The summed E-state index contributed by atoms with van der Waals surface area (Å²) in [5, 5.41) is 0. The molecule has 1 heterocycles. The van der Waals surface area contributed by atoms with E-state index in [1.54, 1.807) is 13.0 Å². The predicted molar refractivity (Wildman–Crippen MR) is 68.1 cm³/mol. The molecule has 1 aromatic rings. The van der Waals surface area contributed by atoms with Gasteiger partial charge < -0.3 is 9.47 Å². The number of pyridine rings is 1. The number of hydrogen-bond acceptors (Lipinski definition) is 5. The van der Waals surface area contributed by atoms with Crippen molar-refractivity contribution in [1.29, 1.82) is 0 Å². The molecule has 0 aliphatic heterocycles. The molecule has 0 aliphatic carbocycles. The van der Waals surface area contributed by atoms with Crippen molar-refractivity contribution in [2.75, 3.05) is 14.2 Å². The van der Waals surface area contributed by atoms with Crippen LogP contribution in [-0.4, -0.2) is 31.1 Å². The molecule has 1 rings (SSSR count). The van der Waals surface area contributed by atoms with Gasteiger partial charge in [-0.2, -0.15) is 0 Å². The molecule has 0 bridgehead atoms. The molecule has 0 unspecified atom stereocenters. The quantitative estimate of drug-likeness (QED) is 0.628. The fourth-order valence-corrected chi connectivity index (χ4v) is 2.19. The first-order chi connectivity index (χ1) is 8.37. The maximum atomic E-state index is 11.9. The van der Waals surface area contributed by atoms with E-state index in [0.29, 0.717) is 11.3 Å². The summed E-state index contributed by atoms with van der Waals surface area (Å²) in [5.41, 5.74) is -0.541. The normalized spacial score (nSPS) is 10.9. The average Bonchev–Trinajstić information content (AvgIpc) is 2.35. The third-order valence-electron chi connectivity index (χ3n) is 2.71. The number of esters is 2. The van der Waals surface area contributed by atoms with Gasteiger partial charge in [-0.1, -0.05) is 0 Å². The summed E-state index contributed by atoms with van der Waals surface area (Å²) in [7, 11) is 2.44. The number of methoxy groups -OCH3 is 2. The molecule has 0 saturated carbocycles. The molecule has 0 aliphatic rings. The van der Waals surface area contributed by atoms with Gasteiger partial charge in [-0.3, -0.25) is 14.6 Å². The van der Waals surface area contributed by atoms with Crippen molar-refractivity contribution in [3.63, 3.8) is 0 Å². The van der Waals surface area contributed by atoms with Gasteiger partial charge in [0.15, 0.2) is 0 Å². The van der Waals surface area contributed by atoms with E-state index in [1.807, 2.05) is 0 Å². The highest BCUT2D eigenvalue weighted by Gasteiger charge is 2.47. The lowest BCUT2D eigenvalue weighted by Gasteiger charge is -2.24. The molecule has 0 saturated heterocycles. The van der Waals surface area contributed by atoms with Crippen LogP contribution < -0.4 is 0 Å². The zero-order chi connectivity index (χ0) is 13.9. The lowest BCUT2D eigenvalue weighted by atomic mass is 9.84. The van der Waals surface area contributed by atoms with Crippen LogP contribution in [0.3, 0.4) is 0 Å². The Morgan fingerprint density at radius 2 is 1.78 bits per heavy atom. The molecule has 0 spiro atoms. The molecular weight excluding hydrogens is 302 g/mol. The summed E-state index contributed by atoms with van der Waals surface area (Å²) in [6, 6.07) is 1.77. The first-order valence-electron chi connectivity index (χ1n) is 5.17. The highest BCUT2D eigenvalue weighted by molar-refractivity contribution is 9.10. The van der Waals surface area contributed by atoms with Gasteiger partial charge in [0.1, 0.15) is 0 Å². The number of hydrogen-bond donors (Lipinski definition) is 0.